The van der Waals surface area contributed by atoms with E-state index in [0.717, 1.165) is 27.9 Å². The van der Waals surface area contributed by atoms with Crippen molar-refractivity contribution in [3.63, 3.8) is 0 Å². The number of anilines is 1. The van der Waals surface area contributed by atoms with Gasteiger partial charge in [-0.25, -0.2) is 0 Å². The van der Waals surface area contributed by atoms with Gasteiger partial charge in [0.15, 0.2) is 0 Å². The van der Waals surface area contributed by atoms with Gasteiger partial charge in [0.05, 0.1) is 5.52 Å². The van der Waals surface area contributed by atoms with Crippen LogP contribution in [0.5, 0.6) is 0 Å². The van der Waals surface area contributed by atoms with Gasteiger partial charge in [-0.15, -0.1) is 0 Å². The average molecular weight is 279 g/mol. The SMILES string of the molecule is CCNc1cc(C)nc2c(C)cc(Br)cc12. The lowest BCUT2D eigenvalue weighted by Crippen LogP contribution is -2.00. The van der Waals surface area contributed by atoms with Crippen LogP contribution in [0.15, 0.2) is 22.7 Å². The first kappa shape index (κ1) is 11.4. The van der Waals surface area contributed by atoms with Crippen LogP contribution in [0.25, 0.3) is 10.9 Å². The van der Waals surface area contributed by atoms with Crippen molar-refractivity contribution in [1.29, 1.82) is 0 Å². The molecular weight excluding hydrogens is 264 g/mol. The highest BCUT2D eigenvalue weighted by atomic mass is 79.9. The van der Waals surface area contributed by atoms with Crippen LogP contribution in [0.3, 0.4) is 0 Å². The minimum Gasteiger partial charge on any atom is -0.385 e. The lowest BCUT2D eigenvalue weighted by molar-refractivity contribution is 1.19. The Labute approximate surface area is 104 Å². The van der Waals surface area contributed by atoms with Gasteiger partial charge in [-0.3, -0.25) is 4.98 Å². The fourth-order valence-corrected chi connectivity index (χ4v) is 2.49. The topological polar surface area (TPSA) is 24.9 Å². The normalized spacial score (nSPS) is 10.8. The fraction of sp³-hybridized carbons (Fsp3) is 0.308. The summed E-state index contributed by atoms with van der Waals surface area (Å²) in [5.74, 6) is 0. The molecule has 0 radical (unpaired) electrons. The Morgan fingerprint density at radius 2 is 2.00 bits per heavy atom. The summed E-state index contributed by atoms with van der Waals surface area (Å²) in [5.41, 5.74) is 4.50. The third kappa shape index (κ3) is 2.05. The van der Waals surface area contributed by atoms with Crippen LogP contribution in [-0.4, -0.2) is 11.5 Å². The smallest absolute Gasteiger partial charge is 0.0755 e. The monoisotopic (exact) mass is 278 g/mol. The molecule has 0 fully saturated rings. The molecule has 0 saturated heterocycles. The Morgan fingerprint density at radius 1 is 1.25 bits per heavy atom. The van der Waals surface area contributed by atoms with Crippen LogP contribution in [0, 0.1) is 13.8 Å². The second-order valence-corrected chi connectivity index (χ2v) is 4.88. The largest absolute Gasteiger partial charge is 0.385 e. The van der Waals surface area contributed by atoms with Crippen LogP contribution in [0.1, 0.15) is 18.2 Å². The molecule has 0 aliphatic rings. The maximum absolute atomic E-state index is 4.60. The highest BCUT2D eigenvalue weighted by Crippen LogP contribution is 2.28. The summed E-state index contributed by atoms with van der Waals surface area (Å²) >= 11 is 3.53. The second-order valence-electron chi connectivity index (χ2n) is 3.96. The van der Waals surface area contributed by atoms with E-state index in [-0.39, 0.29) is 0 Å². The first-order valence-electron chi connectivity index (χ1n) is 5.43. The lowest BCUT2D eigenvalue weighted by atomic mass is 10.1. The van der Waals surface area contributed by atoms with Gasteiger partial charge >= 0.3 is 0 Å². The van der Waals surface area contributed by atoms with Crippen molar-refractivity contribution < 1.29 is 0 Å². The predicted octanol–water partition coefficient (Wildman–Crippen LogP) is 4.05. The molecule has 0 bridgehead atoms. The third-order valence-corrected chi connectivity index (χ3v) is 3.02. The molecule has 1 aromatic carbocycles. The number of fused-ring (bicyclic) bond motifs is 1. The van der Waals surface area contributed by atoms with Crippen molar-refractivity contribution in [2.75, 3.05) is 11.9 Å². The summed E-state index contributed by atoms with van der Waals surface area (Å²) in [4.78, 5) is 4.60. The standard InChI is InChI=1S/C13H15BrN2/c1-4-15-12-6-9(3)16-13-8(2)5-10(14)7-11(12)13/h5-7H,4H2,1-3H3,(H,15,16). The van der Waals surface area contributed by atoms with Crippen LogP contribution in [0.4, 0.5) is 5.69 Å². The molecule has 0 amide bonds. The molecule has 0 spiro atoms. The summed E-state index contributed by atoms with van der Waals surface area (Å²) in [6.45, 7) is 7.15. The molecule has 1 heterocycles. The van der Waals surface area contributed by atoms with Gasteiger partial charge in [-0.2, -0.15) is 0 Å². The van der Waals surface area contributed by atoms with E-state index in [4.69, 9.17) is 0 Å². The van der Waals surface area contributed by atoms with Crippen molar-refractivity contribution in [3.8, 4) is 0 Å². The molecule has 1 aromatic heterocycles. The van der Waals surface area contributed by atoms with Gasteiger partial charge in [-0.1, -0.05) is 15.9 Å². The van der Waals surface area contributed by atoms with Gasteiger partial charge in [-0.05, 0) is 44.5 Å². The summed E-state index contributed by atoms with van der Waals surface area (Å²) in [5, 5.41) is 4.56. The minimum absolute atomic E-state index is 0.921. The van der Waals surface area contributed by atoms with E-state index >= 15 is 0 Å². The second kappa shape index (κ2) is 4.42. The summed E-state index contributed by atoms with van der Waals surface area (Å²) in [7, 11) is 0. The van der Waals surface area contributed by atoms with E-state index < -0.39 is 0 Å². The van der Waals surface area contributed by atoms with E-state index in [2.05, 4.69) is 58.3 Å². The van der Waals surface area contributed by atoms with Crippen molar-refractivity contribution >= 4 is 32.5 Å². The molecule has 0 atom stereocenters. The highest BCUT2D eigenvalue weighted by Gasteiger charge is 2.06. The van der Waals surface area contributed by atoms with Gasteiger partial charge in [0.2, 0.25) is 0 Å². The average Bonchev–Trinajstić information content (AvgIpc) is 2.20. The number of aromatic nitrogens is 1. The number of halogens is 1. The molecule has 3 heteroatoms. The molecule has 2 aromatic rings. The molecule has 0 unspecified atom stereocenters. The van der Waals surface area contributed by atoms with Gasteiger partial charge in [0, 0.05) is 27.8 Å². The van der Waals surface area contributed by atoms with E-state index in [1.807, 2.05) is 6.92 Å². The Bertz CT molecular complexity index is 535. The van der Waals surface area contributed by atoms with E-state index in [1.54, 1.807) is 0 Å². The number of aryl methyl sites for hydroxylation is 2. The van der Waals surface area contributed by atoms with Crippen LogP contribution in [-0.2, 0) is 0 Å². The predicted molar refractivity (Wildman–Crippen MR) is 73.1 cm³/mol. The molecule has 2 nitrogen and oxygen atoms in total. The van der Waals surface area contributed by atoms with Gasteiger partial charge in [0.1, 0.15) is 0 Å². The number of rotatable bonds is 2. The number of hydrogen-bond donors (Lipinski definition) is 1. The van der Waals surface area contributed by atoms with Crippen LogP contribution in [0.2, 0.25) is 0 Å². The Kier molecular flexibility index (Phi) is 3.15. The molecule has 0 aliphatic heterocycles. The Hall–Kier alpha value is -1.09. The quantitative estimate of drug-likeness (QED) is 0.897. The zero-order valence-electron chi connectivity index (χ0n) is 9.76. The summed E-state index contributed by atoms with van der Waals surface area (Å²) in [6.07, 6.45) is 0. The van der Waals surface area contributed by atoms with Crippen LogP contribution >= 0.6 is 15.9 Å². The first-order chi connectivity index (χ1) is 7.61. The first-order valence-corrected chi connectivity index (χ1v) is 6.22. The molecule has 1 N–H and O–H groups in total. The van der Waals surface area contributed by atoms with Crippen molar-refractivity contribution in [2.45, 2.75) is 20.8 Å². The van der Waals surface area contributed by atoms with Gasteiger partial charge in [0.25, 0.3) is 0 Å². The molecule has 16 heavy (non-hydrogen) atoms. The summed E-state index contributed by atoms with van der Waals surface area (Å²) in [6, 6.07) is 6.31. The fourth-order valence-electron chi connectivity index (χ4n) is 1.92. The van der Waals surface area contributed by atoms with Crippen LogP contribution < -0.4 is 5.32 Å². The lowest BCUT2D eigenvalue weighted by Gasteiger charge is -2.11. The number of benzene rings is 1. The Balaban J connectivity index is 2.78. The summed E-state index contributed by atoms with van der Waals surface area (Å²) < 4.78 is 1.10. The molecular formula is C13H15BrN2. The van der Waals surface area contributed by atoms with E-state index in [1.165, 1.54) is 10.9 Å². The van der Waals surface area contributed by atoms with Gasteiger partial charge < -0.3 is 5.32 Å². The maximum atomic E-state index is 4.60. The number of hydrogen-bond acceptors (Lipinski definition) is 2. The Morgan fingerprint density at radius 3 is 2.69 bits per heavy atom. The zero-order valence-corrected chi connectivity index (χ0v) is 11.4. The minimum atomic E-state index is 0.921. The van der Waals surface area contributed by atoms with E-state index in [9.17, 15) is 0 Å². The van der Waals surface area contributed by atoms with Crippen molar-refractivity contribution in [3.05, 3.63) is 33.9 Å². The highest BCUT2D eigenvalue weighted by molar-refractivity contribution is 9.10. The number of nitrogens with zero attached hydrogens (tertiary/aromatic N) is 1. The van der Waals surface area contributed by atoms with E-state index in [0.29, 0.717) is 0 Å². The molecule has 2 rings (SSSR count). The van der Waals surface area contributed by atoms with Crippen molar-refractivity contribution in [1.82, 2.24) is 4.98 Å². The van der Waals surface area contributed by atoms with Crippen molar-refractivity contribution in [2.24, 2.45) is 0 Å². The maximum Gasteiger partial charge on any atom is 0.0755 e. The third-order valence-electron chi connectivity index (χ3n) is 2.56. The molecule has 84 valence electrons. The molecule has 0 saturated carbocycles. The molecule has 0 aliphatic carbocycles. The zero-order chi connectivity index (χ0) is 11.7. The number of pyridine rings is 1. The number of nitrogens with one attached hydrogen (secondary N) is 1.